The van der Waals surface area contributed by atoms with Crippen LogP contribution >= 0.6 is 11.6 Å². The van der Waals surface area contributed by atoms with Crippen molar-refractivity contribution in [2.24, 2.45) is 0 Å². The van der Waals surface area contributed by atoms with Crippen LogP contribution in [0.1, 0.15) is 24.1 Å². The van der Waals surface area contributed by atoms with Gasteiger partial charge in [-0.15, -0.1) is 12.8 Å². The zero-order valence-electron chi connectivity index (χ0n) is 13.0. The Kier molecular flexibility index (Phi) is 4.47. The summed E-state index contributed by atoms with van der Waals surface area (Å²) in [5.74, 6) is 6.13. The van der Waals surface area contributed by atoms with E-state index < -0.39 is 0 Å². The highest BCUT2D eigenvalue weighted by Crippen LogP contribution is 2.32. The molecule has 0 bridgehead atoms. The summed E-state index contributed by atoms with van der Waals surface area (Å²) in [7, 11) is 0. The van der Waals surface area contributed by atoms with Crippen LogP contribution in [0.25, 0.3) is 5.82 Å². The van der Waals surface area contributed by atoms with Gasteiger partial charge in [-0.2, -0.15) is 20.1 Å². The summed E-state index contributed by atoms with van der Waals surface area (Å²) in [5, 5.41) is 18.8. The molecular weight excluding hydrogens is 324 g/mol. The van der Waals surface area contributed by atoms with E-state index in [4.69, 9.17) is 24.4 Å². The Morgan fingerprint density at radius 3 is 2.67 bits per heavy atom. The molecular formula is C17H15ClN6. The Bertz CT molecular complexity index is 870. The molecule has 0 saturated carbocycles. The summed E-state index contributed by atoms with van der Waals surface area (Å²) >= 11 is 6.53. The van der Waals surface area contributed by atoms with E-state index in [2.05, 4.69) is 28.1 Å². The first kappa shape index (κ1) is 16.0. The average molecular weight is 339 g/mol. The van der Waals surface area contributed by atoms with Crippen LogP contribution in [0.3, 0.4) is 0 Å². The van der Waals surface area contributed by atoms with Gasteiger partial charge in [0.1, 0.15) is 16.7 Å². The summed E-state index contributed by atoms with van der Waals surface area (Å²) in [4.78, 5) is 1.74. The minimum absolute atomic E-state index is 0.260. The van der Waals surface area contributed by atoms with E-state index in [-0.39, 0.29) is 13.1 Å². The minimum Gasteiger partial charge on any atom is -0.333 e. The number of aromatic nitrogens is 4. The van der Waals surface area contributed by atoms with Gasteiger partial charge in [-0.3, -0.25) is 4.68 Å². The number of nitrogens with zero attached hydrogens (tertiary/aromatic N) is 6. The van der Waals surface area contributed by atoms with Gasteiger partial charge in [0.05, 0.1) is 25.0 Å². The second kappa shape index (κ2) is 6.71. The van der Waals surface area contributed by atoms with Crippen molar-refractivity contribution in [2.45, 2.75) is 25.8 Å². The van der Waals surface area contributed by atoms with Crippen molar-refractivity contribution in [1.82, 2.24) is 19.6 Å². The maximum Gasteiger partial charge on any atom is 0.196 e. The SMILES string of the molecule is C#CCN(CC#C)c1c(C#N)cnn1-c1nn2c(c1Cl)CCCC2. The standard InChI is InChI=1S/C17H15ClN6/c1-3-8-22(9-4-2)17-13(11-19)12-20-24(17)16-15(18)14-7-5-6-10-23(14)21-16/h1-2,12H,5-10H2. The van der Waals surface area contributed by atoms with Gasteiger partial charge in [0, 0.05) is 6.54 Å². The van der Waals surface area contributed by atoms with Gasteiger partial charge >= 0.3 is 0 Å². The number of rotatable bonds is 4. The molecule has 0 N–H and O–H groups in total. The molecule has 3 rings (SSSR count). The lowest BCUT2D eigenvalue weighted by Gasteiger charge is -2.20. The third-order valence-electron chi connectivity index (χ3n) is 3.94. The predicted molar refractivity (Wildman–Crippen MR) is 91.9 cm³/mol. The molecule has 0 aliphatic carbocycles. The van der Waals surface area contributed by atoms with Crippen molar-refractivity contribution in [3.8, 4) is 36.6 Å². The summed E-state index contributed by atoms with van der Waals surface area (Å²) < 4.78 is 3.46. The van der Waals surface area contributed by atoms with Crippen LogP contribution in [0.15, 0.2) is 6.20 Å². The molecule has 0 fully saturated rings. The second-order valence-electron chi connectivity index (χ2n) is 5.43. The van der Waals surface area contributed by atoms with Crippen LogP contribution in [-0.4, -0.2) is 32.7 Å². The van der Waals surface area contributed by atoms with Crippen molar-refractivity contribution >= 4 is 17.4 Å². The molecule has 6 nitrogen and oxygen atoms in total. The summed E-state index contributed by atoms with van der Waals surface area (Å²) in [5.41, 5.74) is 1.38. The molecule has 24 heavy (non-hydrogen) atoms. The average Bonchev–Trinajstić information content (AvgIpc) is 3.16. The van der Waals surface area contributed by atoms with E-state index in [0.717, 1.165) is 31.5 Å². The molecule has 1 aliphatic heterocycles. The molecule has 0 amide bonds. The number of aryl methyl sites for hydroxylation is 1. The van der Waals surface area contributed by atoms with Crippen LogP contribution in [0.5, 0.6) is 0 Å². The largest absolute Gasteiger partial charge is 0.333 e. The molecule has 7 heteroatoms. The molecule has 0 aromatic carbocycles. The van der Waals surface area contributed by atoms with Crippen molar-refractivity contribution in [3.05, 3.63) is 22.5 Å². The lowest BCUT2D eigenvalue weighted by molar-refractivity contribution is 0.484. The van der Waals surface area contributed by atoms with E-state index >= 15 is 0 Å². The Hall–Kier alpha value is -2.88. The lowest BCUT2D eigenvalue weighted by Crippen LogP contribution is -2.27. The van der Waals surface area contributed by atoms with Gasteiger partial charge in [0.15, 0.2) is 11.6 Å². The lowest BCUT2D eigenvalue weighted by atomic mass is 10.1. The van der Waals surface area contributed by atoms with E-state index in [1.54, 1.807) is 9.58 Å². The summed E-state index contributed by atoms with van der Waals surface area (Å²) in [6.07, 6.45) is 15.4. The predicted octanol–water partition coefficient (Wildman–Crippen LogP) is 2.00. The van der Waals surface area contributed by atoms with Crippen molar-refractivity contribution in [2.75, 3.05) is 18.0 Å². The highest BCUT2D eigenvalue weighted by atomic mass is 35.5. The fourth-order valence-corrected chi connectivity index (χ4v) is 3.19. The quantitative estimate of drug-likeness (QED) is 0.800. The van der Waals surface area contributed by atoms with Gasteiger partial charge in [0.2, 0.25) is 0 Å². The molecule has 3 heterocycles. The van der Waals surface area contributed by atoms with Crippen LogP contribution in [-0.2, 0) is 13.0 Å². The Morgan fingerprint density at radius 1 is 1.29 bits per heavy atom. The number of nitriles is 1. The van der Waals surface area contributed by atoms with E-state index in [0.29, 0.717) is 22.2 Å². The number of fused-ring (bicyclic) bond motifs is 1. The first-order valence-corrected chi connectivity index (χ1v) is 7.94. The van der Waals surface area contributed by atoms with E-state index in [9.17, 15) is 5.26 Å². The minimum atomic E-state index is 0.260. The third-order valence-corrected chi connectivity index (χ3v) is 4.33. The zero-order chi connectivity index (χ0) is 17.1. The van der Waals surface area contributed by atoms with Crippen LogP contribution < -0.4 is 4.90 Å². The first-order chi connectivity index (χ1) is 11.7. The van der Waals surface area contributed by atoms with Crippen LogP contribution in [0.4, 0.5) is 5.82 Å². The highest BCUT2D eigenvalue weighted by Gasteiger charge is 2.25. The molecule has 0 atom stereocenters. The van der Waals surface area contributed by atoms with Crippen molar-refractivity contribution < 1.29 is 0 Å². The molecule has 2 aromatic rings. The molecule has 1 aliphatic rings. The Balaban J connectivity index is 2.15. The Morgan fingerprint density at radius 2 is 2.04 bits per heavy atom. The maximum absolute atomic E-state index is 9.40. The summed E-state index contributed by atoms with van der Waals surface area (Å²) in [6.45, 7) is 1.35. The molecule has 0 unspecified atom stereocenters. The molecule has 0 radical (unpaired) electrons. The normalized spacial score (nSPS) is 12.8. The van der Waals surface area contributed by atoms with Crippen molar-refractivity contribution in [3.63, 3.8) is 0 Å². The van der Waals surface area contributed by atoms with Gasteiger partial charge in [-0.25, -0.2) is 0 Å². The van der Waals surface area contributed by atoms with Crippen LogP contribution in [0, 0.1) is 36.0 Å². The first-order valence-electron chi connectivity index (χ1n) is 7.56. The number of hydrogen-bond acceptors (Lipinski definition) is 4. The van der Waals surface area contributed by atoms with Crippen LogP contribution in [0.2, 0.25) is 5.02 Å². The Labute approximate surface area is 145 Å². The van der Waals surface area contributed by atoms with Gasteiger partial charge < -0.3 is 4.90 Å². The third kappa shape index (κ3) is 2.60. The van der Waals surface area contributed by atoms with E-state index in [1.807, 2.05) is 4.68 Å². The second-order valence-corrected chi connectivity index (χ2v) is 5.81. The van der Waals surface area contributed by atoms with Gasteiger partial charge in [0.25, 0.3) is 0 Å². The molecule has 0 spiro atoms. The molecule has 0 saturated heterocycles. The maximum atomic E-state index is 9.40. The highest BCUT2D eigenvalue weighted by molar-refractivity contribution is 6.32. The van der Waals surface area contributed by atoms with E-state index in [1.165, 1.54) is 6.20 Å². The monoisotopic (exact) mass is 338 g/mol. The smallest absolute Gasteiger partial charge is 0.196 e. The fourth-order valence-electron chi connectivity index (χ4n) is 2.88. The molecule has 120 valence electrons. The number of hydrogen-bond donors (Lipinski definition) is 0. The summed E-state index contributed by atoms with van der Waals surface area (Å²) in [6, 6.07) is 2.12. The van der Waals surface area contributed by atoms with Gasteiger partial charge in [-0.05, 0) is 19.3 Å². The fraction of sp³-hybridized carbons (Fsp3) is 0.353. The number of terminal acetylenes is 2. The van der Waals surface area contributed by atoms with Gasteiger partial charge in [-0.1, -0.05) is 23.4 Å². The molecule has 2 aromatic heterocycles. The number of halogens is 1. The van der Waals surface area contributed by atoms with Crippen molar-refractivity contribution in [1.29, 1.82) is 5.26 Å². The number of anilines is 1. The zero-order valence-corrected chi connectivity index (χ0v) is 13.8. The topological polar surface area (TPSA) is 62.7 Å².